The lowest BCUT2D eigenvalue weighted by atomic mass is 10.1. The lowest BCUT2D eigenvalue weighted by Crippen LogP contribution is -2.16. The van der Waals surface area contributed by atoms with Crippen LogP contribution in [0.3, 0.4) is 0 Å². The molecule has 1 heterocycles. The third-order valence-electron chi connectivity index (χ3n) is 1.91. The monoisotopic (exact) mass is 198 g/mol. The predicted octanol–water partition coefficient (Wildman–Crippen LogP) is 1.11. The number of carbonyl (C=O) groups is 1. The van der Waals surface area contributed by atoms with Gasteiger partial charge in [0.25, 0.3) is 0 Å². The van der Waals surface area contributed by atoms with E-state index in [1.807, 2.05) is 0 Å². The van der Waals surface area contributed by atoms with Gasteiger partial charge in [-0.15, -0.1) is 0 Å². The lowest BCUT2D eigenvalue weighted by molar-refractivity contribution is 0.111. The van der Waals surface area contributed by atoms with E-state index in [-0.39, 0.29) is 23.7 Å². The Morgan fingerprint density at radius 1 is 1.43 bits per heavy atom. The summed E-state index contributed by atoms with van der Waals surface area (Å²) in [7, 11) is 0. The van der Waals surface area contributed by atoms with Crippen molar-refractivity contribution in [2.24, 2.45) is 0 Å². The summed E-state index contributed by atoms with van der Waals surface area (Å²) in [6.07, 6.45) is 0.358. The molecule has 0 saturated carbocycles. The van der Waals surface area contributed by atoms with Crippen molar-refractivity contribution < 1.29 is 23.8 Å². The lowest BCUT2D eigenvalue weighted by Gasteiger charge is -2.19. The summed E-state index contributed by atoms with van der Waals surface area (Å²) in [5, 5.41) is 9.21. The summed E-state index contributed by atoms with van der Waals surface area (Å²) in [5.41, 5.74) is -0.147. The number of hydrogen-bond acceptors (Lipinski definition) is 4. The van der Waals surface area contributed by atoms with Gasteiger partial charge in [-0.3, -0.25) is 4.79 Å². The molecule has 0 fully saturated rings. The van der Waals surface area contributed by atoms with Crippen molar-refractivity contribution in [3.8, 4) is 17.2 Å². The molecule has 1 N–H and O–H groups in total. The van der Waals surface area contributed by atoms with Crippen LogP contribution in [0.2, 0.25) is 0 Å². The molecule has 0 aliphatic carbocycles. The van der Waals surface area contributed by atoms with Crippen molar-refractivity contribution in [2.75, 3.05) is 13.2 Å². The van der Waals surface area contributed by atoms with Crippen LogP contribution in [0.1, 0.15) is 10.4 Å². The van der Waals surface area contributed by atoms with E-state index >= 15 is 0 Å². The minimum atomic E-state index is -0.954. The molecule has 0 radical (unpaired) electrons. The van der Waals surface area contributed by atoms with Crippen molar-refractivity contribution in [3.05, 3.63) is 17.4 Å². The Balaban J connectivity index is 2.62. The summed E-state index contributed by atoms with van der Waals surface area (Å²) in [5.74, 6) is -1.65. The Morgan fingerprint density at radius 3 is 2.86 bits per heavy atom. The highest BCUT2D eigenvalue weighted by Gasteiger charge is 2.22. The molecule has 0 spiro atoms. The van der Waals surface area contributed by atoms with Crippen molar-refractivity contribution in [2.45, 2.75) is 0 Å². The van der Waals surface area contributed by atoms with Crippen LogP contribution in [-0.4, -0.2) is 24.6 Å². The number of phenols is 1. The van der Waals surface area contributed by atoms with Gasteiger partial charge in [0.1, 0.15) is 13.2 Å². The standard InChI is InChI=1S/C9H7FO4/c10-7-8(12)5(4-11)3-6-9(7)14-2-1-13-6/h3-4,12H,1-2H2. The Morgan fingerprint density at radius 2 is 2.14 bits per heavy atom. The molecule has 0 saturated heterocycles. The normalized spacial score (nSPS) is 13.8. The van der Waals surface area contributed by atoms with E-state index in [1.54, 1.807) is 0 Å². The molecule has 1 aromatic carbocycles. The number of benzene rings is 1. The Bertz CT molecular complexity index is 389. The molecule has 0 atom stereocenters. The van der Waals surface area contributed by atoms with Crippen LogP contribution in [0, 0.1) is 5.82 Å². The molecular formula is C9H7FO4. The number of phenolic OH excluding ortho intramolecular Hbond substituents is 1. The van der Waals surface area contributed by atoms with Crippen LogP contribution >= 0.6 is 0 Å². The molecule has 0 amide bonds. The van der Waals surface area contributed by atoms with E-state index in [0.717, 1.165) is 0 Å². The van der Waals surface area contributed by atoms with E-state index in [4.69, 9.17) is 9.47 Å². The zero-order chi connectivity index (χ0) is 10.1. The average Bonchev–Trinajstić information content (AvgIpc) is 2.23. The number of carbonyl (C=O) groups excluding carboxylic acids is 1. The second kappa shape index (κ2) is 3.17. The highest BCUT2D eigenvalue weighted by molar-refractivity contribution is 5.81. The fraction of sp³-hybridized carbons (Fsp3) is 0.222. The number of ether oxygens (including phenoxy) is 2. The van der Waals surface area contributed by atoms with E-state index < -0.39 is 11.6 Å². The molecule has 5 heteroatoms. The van der Waals surface area contributed by atoms with Crippen LogP contribution in [-0.2, 0) is 0 Å². The summed E-state index contributed by atoms with van der Waals surface area (Å²) in [6, 6.07) is 1.25. The van der Waals surface area contributed by atoms with Gasteiger partial charge in [0.2, 0.25) is 11.6 Å². The Hall–Kier alpha value is -1.78. The van der Waals surface area contributed by atoms with Gasteiger partial charge in [0.05, 0.1) is 5.56 Å². The molecule has 1 aromatic rings. The summed E-state index contributed by atoms with van der Waals surface area (Å²) in [4.78, 5) is 10.4. The fourth-order valence-corrected chi connectivity index (χ4v) is 1.24. The first-order chi connectivity index (χ1) is 6.74. The minimum Gasteiger partial charge on any atom is -0.504 e. The van der Waals surface area contributed by atoms with Crippen molar-refractivity contribution >= 4 is 6.29 Å². The van der Waals surface area contributed by atoms with E-state index in [0.29, 0.717) is 12.9 Å². The first-order valence-electron chi connectivity index (χ1n) is 4.00. The highest BCUT2D eigenvalue weighted by Crippen LogP contribution is 2.39. The van der Waals surface area contributed by atoms with Gasteiger partial charge in [0.15, 0.2) is 17.8 Å². The Kier molecular flexibility index (Phi) is 1.99. The predicted molar refractivity (Wildman–Crippen MR) is 44.4 cm³/mol. The number of fused-ring (bicyclic) bond motifs is 1. The minimum absolute atomic E-state index is 0.139. The van der Waals surface area contributed by atoms with Crippen LogP contribution in [0.15, 0.2) is 6.07 Å². The van der Waals surface area contributed by atoms with Gasteiger partial charge in [-0.1, -0.05) is 0 Å². The molecule has 0 bridgehead atoms. The largest absolute Gasteiger partial charge is 0.504 e. The van der Waals surface area contributed by atoms with Gasteiger partial charge in [-0.05, 0) is 6.07 Å². The second-order valence-corrected chi connectivity index (χ2v) is 2.77. The maximum absolute atomic E-state index is 13.3. The quantitative estimate of drug-likeness (QED) is 0.687. The molecule has 1 aliphatic heterocycles. The van der Waals surface area contributed by atoms with Crippen LogP contribution < -0.4 is 9.47 Å². The van der Waals surface area contributed by atoms with Crippen molar-refractivity contribution in [1.29, 1.82) is 0 Å². The van der Waals surface area contributed by atoms with Gasteiger partial charge < -0.3 is 14.6 Å². The smallest absolute Gasteiger partial charge is 0.211 e. The summed E-state index contributed by atoms with van der Waals surface area (Å²) in [6.45, 7) is 0.527. The van der Waals surface area contributed by atoms with Gasteiger partial charge in [-0.25, -0.2) is 0 Å². The van der Waals surface area contributed by atoms with Crippen molar-refractivity contribution in [3.63, 3.8) is 0 Å². The molecule has 1 aliphatic rings. The van der Waals surface area contributed by atoms with Crippen LogP contribution in [0.5, 0.6) is 17.2 Å². The SMILES string of the molecule is O=Cc1cc2c(c(F)c1O)OCCO2. The first-order valence-corrected chi connectivity index (χ1v) is 4.00. The third-order valence-corrected chi connectivity index (χ3v) is 1.91. The van der Waals surface area contributed by atoms with Crippen molar-refractivity contribution in [1.82, 2.24) is 0 Å². The summed E-state index contributed by atoms with van der Waals surface area (Å²) < 4.78 is 23.3. The van der Waals surface area contributed by atoms with E-state index in [2.05, 4.69) is 0 Å². The second-order valence-electron chi connectivity index (χ2n) is 2.77. The zero-order valence-corrected chi connectivity index (χ0v) is 7.12. The average molecular weight is 198 g/mol. The Labute approximate surface area is 78.9 Å². The zero-order valence-electron chi connectivity index (χ0n) is 7.12. The topological polar surface area (TPSA) is 55.8 Å². The number of halogens is 1. The van der Waals surface area contributed by atoms with Crippen LogP contribution in [0.25, 0.3) is 0 Å². The maximum Gasteiger partial charge on any atom is 0.211 e. The van der Waals surface area contributed by atoms with Crippen LogP contribution in [0.4, 0.5) is 4.39 Å². The van der Waals surface area contributed by atoms with Gasteiger partial charge in [-0.2, -0.15) is 4.39 Å². The number of aldehydes is 1. The number of aromatic hydroxyl groups is 1. The molecule has 14 heavy (non-hydrogen) atoms. The number of hydrogen-bond donors (Lipinski definition) is 1. The molecule has 0 unspecified atom stereocenters. The third kappa shape index (κ3) is 1.17. The molecule has 4 nitrogen and oxygen atoms in total. The first kappa shape index (κ1) is 8.80. The van der Waals surface area contributed by atoms with E-state index in [9.17, 15) is 14.3 Å². The highest BCUT2D eigenvalue weighted by atomic mass is 19.1. The van der Waals surface area contributed by atoms with Gasteiger partial charge in [0, 0.05) is 0 Å². The molecule has 74 valence electrons. The van der Waals surface area contributed by atoms with Gasteiger partial charge >= 0.3 is 0 Å². The number of rotatable bonds is 1. The molecule has 0 aromatic heterocycles. The molecule has 2 rings (SSSR count). The summed E-state index contributed by atoms with van der Waals surface area (Å²) >= 11 is 0. The maximum atomic E-state index is 13.3. The molecular weight excluding hydrogens is 191 g/mol. The fourth-order valence-electron chi connectivity index (χ4n) is 1.24. The van der Waals surface area contributed by atoms with E-state index in [1.165, 1.54) is 6.07 Å².